The van der Waals surface area contributed by atoms with E-state index in [4.69, 9.17) is 14.9 Å². The van der Waals surface area contributed by atoms with Crippen molar-refractivity contribution in [1.29, 1.82) is 0 Å². The Hall–Kier alpha value is -1.87. The largest absolute Gasteiger partial charge is 0.480 e. The molecule has 0 aliphatic carbocycles. The summed E-state index contributed by atoms with van der Waals surface area (Å²) in [7, 11) is 0. The van der Waals surface area contributed by atoms with E-state index < -0.39 is 30.7 Å². The van der Waals surface area contributed by atoms with E-state index in [2.05, 4.69) is 10.6 Å². The molecule has 1 aliphatic rings. The number of carboxylic acid groups (broad SMARTS) is 1. The van der Waals surface area contributed by atoms with E-state index >= 15 is 0 Å². The molecule has 120 valence electrons. The number of carboxylic acids is 1. The molecule has 0 spiro atoms. The third-order valence-corrected chi connectivity index (χ3v) is 2.90. The fraction of sp³-hybridized carbons (Fsp3) is 0.750. The van der Waals surface area contributed by atoms with Crippen molar-refractivity contribution in [2.24, 2.45) is 0 Å². The number of rotatable bonds is 5. The summed E-state index contributed by atoms with van der Waals surface area (Å²) in [5.74, 6) is -1.71. The lowest BCUT2D eigenvalue weighted by atomic mass is 10.2. The number of carbonyl (C=O) groups is 3. The van der Waals surface area contributed by atoms with Crippen LogP contribution in [-0.4, -0.2) is 77.5 Å². The number of aliphatic hydroxyl groups excluding tert-OH is 1. The number of carbonyl (C=O) groups excluding carboxylic acids is 2. The van der Waals surface area contributed by atoms with Gasteiger partial charge in [-0.3, -0.25) is 4.79 Å². The fourth-order valence-corrected chi connectivity index (χ4v) is 1.86. The lowest BCUT2D eigenvalue weighted by molar-refractivity contribution is -0.140. The number of aliphatic carboxylic acids is 1. The molecule has 1 fully saturated rings. The van der Waals surface area contributed by atoms with Gasteiger partial charge in [-0.15, -0.1) is 0 Å². The molecule has 2 atom stereocenters. The summed E-state index contributed by atoms with van der Waals surface area (Å²) >= 11 is 0. The summed E-state index contributed by atoms with van der Waals surface area (Å²) in [4.78, 5) is 36.1. The Labute approximate surface area is 122 Å². The highest BCUT2D eigenvalue weighted by Crippen LogP contribution is 2.08. The zero-order valence-electron chi connectivity index (χ0n) is 12.0. The van der Waals surface area contributed by atoms with Crippen LogP contribution in [0.1, 0.15) is 13.8 Å². The Balaban J connectivity index is 2.73. The molecule has 1 heterocycles. The van der Waals surface area contributed by atoms with Crippen molar-refractivity contribution < 1.29 is 29.3 Å². The maximum absolute atomic E-state index is 12.1. The molecule has 0 bridgehead atoms. The van der Waals surface area contributed by atoms with E-state index in [1.54, 1.807) is 13.8 Å². The second-order valence-corrected chi connectivity index (χ2v) is 4.97. The number of aliphatic hydroxyl groups is 1. The van der Waals surface area contributed by atoms with Crippen molar-refractivity contribution in [2.45, 2.75) is 32.0 Å². The molecule has 0 radical (unpaired) electrons. The maximum Gasteiger partial charge on any atom is 0.328 e. The summed E-state index contributed by atoms with van der Waals surface area (Å²) in [5, 5.41) is 22.6. The van der Waals surface area contributed by atoms with Crippen LogP contribution >= 0.6 is 0 Å². The average Bonchev–Trinajstić information content (AvgIpc) is 2.43. The molecule has 2 unspecified atom stereocenters. The standard InChI is InChI=1S/C12H21N3O6/c1-7(2)13-10(17)9-6-21-4-3-15(9)12(20)14-8(5-16)11(18)19/h7-9,16H,3-6H2,1-2H3,(H,13,17)(H,14,20)(H,18,19). The first-order valence-corrected chi connectivity index (χ1v) is 6.65. The molecule has 1 aliphatic heterocycles. The van der Waals surface area contributed by atoms with Crippen LogP contribution in [-0.2, 0) is 14.3 Å². The van der Waals surface area contributed by atoms with Gasteiger partial charge in [0.1, 0.15) is 6.04 Å². The van der Waals surface area contributed by atoms with Gasteiger partial charge in [0.15, 0.2) is 6.04 Å². The minimum Gasteiger partial charge on any atom is -0.480 e. The Kier molecular flexibility index (Phi) is 6.38. The highest BCUT2D eigenvalue weighted by atomic mass is 16.5. The maximum atomic E-state index is 12.1. The first-order valence-electron chi connectivity index (χ1n) is 6.65. The normalized spacial score (nSPS) is 20.0. The highest BCUT2D eigenvalue weighted by molar-refractivity contribution is 5.89. The number of ether oxygens (including phenoxy) is 1. The molecule has 21 heavy (non-hydrogen) atoms. The smallest absolute Gasteiger partial charge is 0.328 e. The van der Waals surface area contributed by atoms with E-state index in [1.165, 1.54) is 4.90 Å². The molecule has 1 rings (SSSR count). The molecule has 0 aromatic carbocycles. The Morgan fingerprint density at radius 1 is 1.33 bits per heavy atom. The average molecular weight is 303 g/mol. The second-order valence-electron chi connectivity index (χ2n) is 4.97. The van der Waals surface area contributed by atoms with Gasteiger partial charge in [-0.2, -0.15) is 0 Å². The summed E-state index contributed by atoms with van der Waals surface area (Å²) in [5.41, 5.74) is 0. The van der Waals surface area contributed by atoms with Gasteiger partial charge in [-0.1, -0.05) is 0 Å². The van der Waals surface area contributed by atoms with Crippen LogP contribution in [0.25, 0.3) is 0 Å². The summed E-state index contributed by atoms with van der Waals surface area (Å²) in [6, 6.07) is -3.04. The summed E-state index contributed by atoms with van der Waals surface area (Å²) in [6.07, 6.45) is 0. The number of morpholine rings is 1. The number of nitrogens with zero attached hydrogens (tertiary/aromatic N) is 1. The Morgan fingerprint density at radius 2 is 2.00 bits per heavy atom. The fourth-order valence-electron chi connectivity index (χ4n) is 1.86. The molecule has 4 N–H and O–H groups in total. The van der Waals surface area contributed by atoms with Crippen LogP contribution in [0.5, 0.6) is 0 Å². The summed E-state index contributed by atoms with van der Waals surface area (Å²) < 4.78 is 5.20. The van der Waals surface area contributed by atoms with Crippen LogP contribution < -0.4 is 10.6 Å². The third-order valence-electron chi connectivity index (χ3n) is 2.90. The lowest BCUT2D eigenvalue weighted by Gasteiger charge is -2.35. The number of urea groups is 1. The molecule has 0 aromatic heterocycles. The number of hydrogen-bond acceptors (Lipinski definition) is 5. The third kappa shape index (κ3) is 4.87. The van der Waals surface area contributed by atoms with Gasteiger partial charge in [0.25, 0.3) is 0 Å². The zero-order valence-corrected chi connectivity index (χ0v) is 12.0. The number of nitrogens with one attached hydrogen (secondary N) is 2. The predicted octanol–water partition coefficient (Wildman–Crippen LogP) is -1.63. The molecule has 1 saturated heterocycles. The number of amides is 3. The van der Waals surface area contributed by atoms with Crippen LogP contribution in [0.3, 0.4) is 0 Å². The van der Waals surface area contributed by atoms with E-state index in [1.807, 2.05) is 0 Å². The summed E-state index contributed by atoms with van der Waals surface area (Å²) in [6.45, 7) is 3.32. The van der Waals surface area contributed by atoms with Gasteiger partial charge < -0.3 is 30.5 Å². The predicted molar refractivity (Wildman–Crippen MR) is 71.6 cm³/mol. The van der Waals surface area contributed by atoms with Crippen LogP contribution in [0.15, 0.2) is 0 Å². The minimum absolute atomic E-state index is 0.0445. The quantitative estimate of drug-likeness (QED) is 0.482. The molecule has 0 aromatic rings. The Morgan fingerprint density at radius 3 is 2.52 bits per heavy atom. The van der Waals surface area contributed by atoms with E-state index in [9.17, 15) is 14.4 Å². The second kappa shape index (κ2) is 7.79. The van der Waals surface area contributed by atoms with Crippen LogP contribution in [0, 0.1) is 0 Å². The molecule has 9 heteroatoms. The van der Waals surface area contributed by atoms with Crippen molar-refractivity contribution in [2.75, 3.05) is 26.4 Å². The molecule has 0 saturated carbocycles. The van der Waals surface area contributed by atoms with Crippen molar-refractivity contribution in [1.82, 2.24) is 15.5 Å². The zero-order chi connectivity index (χ0) is 16.0. The first-order chi connectivity index (χ1) is 9.86. The Bertz CT molecular complexity index is 400. The van der Waals surface area contributed by atoms with Gasteiger partial charge in [-0.05, 0) is 13.8 Å². The molecule has 3 amide bonds. The van der Waals surface area contributed by atoms with Crippen LogP contribution in [0.4, 0.5) is 4.79 Å². The first kappa shape index (κ1) is 17.2. The van der Waals surface area contributed by atoms with Gasteiger partial charge >= 0.3 is 12.0 Å². The monoisotopic (exact) mass is 303 g/mol. The van der Waals surface area contributed by atoms with Gasteiger partial charge in [0.2, 0.25) is 5.91 Å². The van der Waals surface area contributed by atoms with Crippen molar-refractivity contribution >= 4 is 17.9 Å². The highest BCUT2D eigenvalue weighted by Gasteiger charge is 2.34. The molecular formula is C12H21N3O6. The van der Waals surface area contributed by atoms with Crippen molar-refractivity contribution in [3.8, 4) is 0 Å². The lowest BCUT2D eigenvalue weighted by Crippen LogP contribution is -2.60. The van der Waals surface area contributed by atoms with Crippen molar-refractivity contribution in [3.05, 3.63) is 0 Å². The number of hydrogen-bond donors (Lipinski definition) is 4. The van der Waals surface area contributed by atoms with Gasteiger partial charge in [0.05, 0.1) is 19.8 Å². The SMILES string of the molecule is CC(C)NC(=O)C1COCCN1C(=O)NC(CO)C(=O)O. The molecular weight excluding hydrogens is 282 g/mol. The molecule has 9 nitrogen and oxygen atoms in total. The minimum atomic E-state index is -1.41. The van der Waals surface area contributed by atoms with Crippen molar-refractivity contribution in [3.63, 3.8) is 0 Å². The van der Waals surface area contributed by atoms with E-state index in [0.717, 1.165) is 0 Å². The van der Waals surface area contributed by atoms with Gasteiger partial charge in [0, 0.05) is 12.6 Å². The van der Waals surface area contributed by atoms with Gasteiger partial charge in [-0.25, -0.2) is 9.59 Å². The van der Waals surface area contributed by atoms with E-state index in [-0.39, 0.29) is 31.7 Å². The van der Waals surface area contributed by atoms with Crippen LogP contribution in [0.2, 0.25) is 0 Å². The topological polar surface area (TPSA) is 128 Å². The van der Waals surface area contributed by atoms with E-state index in [0.29, 0.717) is 0 Å².